The summed E-state index contributed by atoms with van der Waals surface area (Å²) in [6.45, 7) is 0. The molecule has 0 amide bonds. The van der Waals surface area contributed by atoms with E-state index in [0.29, 0.717) is 33.6 Å². The van der Waals surface area contributed by atoms with Gasteiger partial charge in [-0.1, -0.05) is 72.8 Å². The molecular weight excluding hydrogens is 820 g/mol. The van der Waals surface area contributed by atoms with Gasteiger partial charge in [0.1, 0.15) is 11.5 Å². The van der Waals surface area contributed by atoms with Crippen molar-refractivity contribution in [1.82, 2.24) is 0 Å². The standard InChI is InChI=1S/C27H20F6N2.C15H12F6N2O2/c28-26(29,30)25(27(31,32)33,21-9-1-17(2-10-21)19-5-13-23(34)14-6-19)22-11-3-18(4-12-22)20-7-15-24(35)16-8-20;16-14(17,18)13(15(19,20)21,24-11-5-1-9(22)2-6-11)25-12-7-3-10(23)4-8-12/h1-16H,34-35H2;1-8H,22-23H2. The minimum absolute atomic E-state index is 0.136. The Hall–Kier alpha value is -6.72. The molecule has 6 rings (SSSR count). The summed E-state index contributed by atoms with van der Waals surface area (Å²) in [5, 5.41) is 0. The lowest BCUT2D eigenvalue weighted by Gasteiger charge is -2.38. The number of rotatable bonds is 8. The van der Waals surface area contributed by atoms with Crippen LogP contribution in [0.2, 0.25) is 0 Å². The second kappa shape index (κ2) is 16.5. The quantitative estimate of drug-likeness (QED) is 0.0687. The van der Waals surface area contributed by atoms with Gasteiger partial charge in [0.05, 0.1) is 0 Å². The number of alkyl halides is 12. The highest BCUT2D eigenvalue weighted by Gasteiger charge is 2.77. The second-order valence-electron chi connectivity index (χ2n) is 13.1. The smallest absolute Gasteiger partial charge is 0.438 e. The zero-order valence-electron chi connectivity index (χ0n) is 30.5. The van der Waals surface area contributed by atoms with Crippen molar-refractivity contribution in [3.63, 3.8) is 0 Å². The van der Waals surface area contributed by atoms with Crippen molar-refractivity contribution in [2.45, 2.75) is 35.9 Å². The average molecular weight is 853 g/mol. The molecule has 0 saturated heterocycles. The number of anilines is 4. The largest absolute Gasteiger partial charge is 0.478 e. The van der Waals surface area contributed by atoms with Gasteiger partial charge in [-0.2, -0.15) is 52.7 Å². The van der Waals surface area contributed by atoms with Crippen LogP contribution in [0.4, 0.5) is 75.4 Å². The van der Waals surface area contributed by atoms with Crippen LogP contribution in [0, 0.1) is 0 Å². The molecule has 0 aliphatic heterocycles. The van der Waals surface area contributed by atoms with Gasteiger partial charge < -0.3 is 32.4 Å². The Morgan fingerprint density at radius 2 is 0.500 bits per heavy atom. The molecule has 6 nitrogen and oxygen atoms in total. The molecule has 0 radical (unpaired) electrons. The van der Waals surface area contributed by atoms with Crippen LogP contribution in [-0.4, -0.2) is 30.5 Å². The number of nitrogens with two attached hydrogens (primary N) is 4. The number of hydrogen-bond donors (Lipinski definition) is 4. The Balaban J connectivity index is 0.000000241. The third-order valence-corrected chi connectivity index (χ3v) is 9.00. The Labute approximate surface area is 333 Å². The first-order chi connectivity index (χ1) is 27.9. The van der Waals surface area contributed by atoms with Gasteiger partial charge >= 0.3 is 30.5 Å². The van der Waals surface area contributed by atoms with Crippen LogP contribution in [0.5, 0.6) is 11.5 Å². The van der Waals surface area contributed by atoms with Gasteiger partial charge in [-0.15, -0.1) is 0 Å². The van der Waals surface area contributed by atoms with E-state index in [1.807, 2.05) is 0 Å². The minimum atomic E-state index is -5.94. The van der Waals surface area contributed by atoms with E-state index >= 15 is 0 Å². The number of ether oxygens (including phenoxy) is 2. The van der Waals surface area contributed by atoms with Crippen molar-refractivity contribution in [2.75, 3.05) is 22.9 Å². The van der Waals surface area contributed by atoms with Gasteiger partial charge in [-0.25, -0.2) is 0 Å². The van der Waals surface area contributed by atoms with E-state index in [2.05, 4.69) is 9.47 Å². The van der Waals surface area contributed by atoms with E-state index in [9.17, 15) is 52.7 Å². The molecule has 8 N–H and O–H groups in total. The summed E-state index contributed by atoms with van der Waals surface area (Å²) >= 11 is 0. The molecule has 6 aromatic rings. The van der Waals surface area contributed by atoms with Crippen LogP contribution >= 0.6 is 0 Å². The maximum absolute atomic E-state index is 14.4. The monoisotopic (exact) mass is 852 g/mol. The van der Waals surface area contributed by atoms with Gasteiger partial charge in [-0.05, 0) is 106 Å². The van der Waals surface area contributed by atoms with Crippen LogP contribution in [-0.2, 0) is 5.41 Å². The molecule has 316 valence electrons. The van der Waals surface area contributed by atoms with Gasteiger partial charge in [0.15, 0.2) is 0 Å². The first-order valence-electron chi connectivity index (χ1n) is 17.2. The molecule has 60 heavy (non-hydrogen) atoms. The van der Waals surface area contributed by atoms with Gasteiger partial charge in [0.25, 0.3) is 0 Å². The summed E-state index contributed by atoms with van der Waals surface area (Å²) in [6.07, 6.45) is -23.2. The Morgan fingerprint density at radius 1 is 0.283 bits per heavy atom. The van der Waals surface area contributed by atoms with Gasteiger partial charge in [0.2, 0.25) is 5.41 Å². The maximum Gasteiger partial charge on any atom is 0.478 e. The average Bonchev–Trinajstić information content (AvgIpc) is 3.16. The Morgan fingerprint density at radius 3 is 0.717 bits per heavy atom. The summed E-state index contributed by atoms with van der Waals surface area (Å²) < 4.78 is 175. The van der Waals surface area contributed by atoms with Crippen LogP contribution < -0.4 is 32.4 Å². The lowest BCUT2D eigenvalue weighted by Crippen LogP contribution is -2.65. The molecule has 0 atom stereocenters. The number of benzene rings is 6. The molecule has 6 aromatic carbocycles. The minimum Gasteiger partial charge on any atom is -0.438 e. The lowest BCUT2D eigenvalue weighted by molar-refractivity contribution is -0.422. The molecule has 0 aliphatic rings. The SMILES string of the molecule is Nc1ccc(-c2ccc(C(c3ccc(-c4ccc(N)cc4)cc3)(C(F)(F)F)C(F)(F)F)cc2)cc1.Nc1ccc(OC(Oc2ccc(N)cc2)(C(F)(F)F)C(F)(F)F)cc1. The number of nitrogen functional groups attached to an aromatic ring is 4. The third-order valence-electron chi connectivity index (χ3n) is 9.00. The fourth-order valence-electron chi connectivity index (χ4n) is 5.98. The molecule has 0 unspecified atom stereocenters. The topological polar surface area (TPSA) is 123 Å². The molecule has 0 fully saturated rings. The van der Waals surface area contributed by atoms with Crippen LogP contribution in [0.15, 0.2) is 146 Å². The predicted molar refractivity (Wildman–Crippen MR) is 203 cm³/mol. The Bertz CT molecular complexity index is 2160. The zero-order valence-corrected chi connectivity index (χ0v) is 30.5. The zero-order chi connectivity index (χ0) is 44.3. The summed E-state index contributed by atoms with van der Waals surface area (Å²) in [6, 6.07) is 29.3. The van der Waals surface area contributed by atoms with Crippen LogP contribution in [0.1, 0.15) is 11.1 Å². The van der Waals surface area contributed by atoms with E-state index < -0.39 is 58.5 Å². The molecule has 0 bridgehead atoms. The maximum atomic E-state index is 14.4. The van der Waals surface area contributed by atoms with Crippen molar-refractivity contribution >= 4 is 22.7 Å². The highest BCUT2D eigenvalue weighted by molar-refractivity contribution is 5.68. The van der Waals surface area contributed by atoms with Crippen LogP contribution in [0.25, 0.3) is 22.3 Å². The summed E-state index contributed by atoms with van der Waals surface area (Å²) in [4.78, 5) is 0. The van der Waals surface area contributed by atoms with E-state index in [4.69, 9.17) is 22.9 Å². The molecule has 0 saturated carbocycles. The second-order valence-corrected chi connectivity index (χ2v) is 13.1. The first-order valence-corrected chi connectivity index (χ1v) is 17.2. The highest BCUT2D eigenvalue weighted by atomic mass is 19.4. The van der Waals surface area contributed by atoms with Crippen molar-refractivity contribution in [1.29, 1.82) is 0 Å². The summed E-state index contributed by atoms with van der Waals surface area (Å²) in [5.41, 5.74) is 19.4. The fourth-order valence-corrected chi connectivity index (χ4v) is 5.98. The van der Waals surface area contributed by atoms with Crippen molar-refractivity contribution in [3.05, 3.63) is 157 Å². The van der Waals surface area contributed by atoms with Crippen molar-refractivity contribution in [3.8, 4) is 33.8 Å². The lowest BCUT2D eigenvalue weighted by atomic mass is 9.72. The number of halogens is 12. The Kier molecular flexibility index (Phi) is 12.2. The van der Waals surface area contributed by atoms with Crippen molar-refractivity contribution in [2.24, 2.45) is 0 Å². The molecule has 0 spiro atoms. The van der Waals surface area contributed by atoms with E-state index in [0.717, 1.165) is 72.8 Å². The molecular formula is C42H32F12N4O2. The summed E-state index contributed by atoms with van der Waals surface area (Å²) in [7, 11) is 0. The van der Waals surface area contributed by atoms with Crippen LogP contribution in [0.3, 0.4) is 0 Å². The van der Waals surface area contributed by atoms with Gasteiger partial charge in [0, 0.05) is 22.7 Å². The predicted octanol–water partition coefficient (Wildman–Crippen LogP) is 11.7. The van der Waals surface area contributed by atoms with E-state index in [-0.39, 0.29) is 11.4 Å². The molecule has 0 heterocycles. The molecule has 0 aromatic heterocycles. The number of hydrogen-bond acceptors (Lipinski definition) is 6. The first kappa shape index (κ1) is 44.4. The van der Waals surface area contributed by atoms with E-state index in [1.165, 1.54) is 24.3 Å². The molecule has 0 aliphatic carbocycles. The van der Waals surface area contributed by atoms with Crippen molar-refractivity contribution < 1.29 is 62.2 Å². The van der Waals surface area contributed by atoms with Gasteiger partial charge in [-0.3, -0.25) is 0 Å². The molecule has 18 heteroatoms. The third kappa shape index (κ3) is 9.11. The highest BCUT2D eigenvalue weighted by Crippen LogP contribution is 2.56. The summed E-state index contributed by atoms with van der Waals surface area (Å²) in [5.74, 6) is -6.36. The fraction of sp³-hybridized carbons (Fsp3) is 0.143. The van der Waals surface area contributed by atoms with E-state index in [1.54, 1.807) is 48.5 Å². The normalized spacial score (nSPS) is 12.6.